The molecule has 3 aromatic rings. The molecule has 4 nitrogen and oxygen atoms in total. The second-order valence-corrected chi connectivity index (χ2v) is 9.47. The molecule has 0 unspecified atom stereocenters. The van der Waals surface area contributed by atoms with Crippen molar-refractivity contribution < 1.29 is 8.42 Å². The molecule has 4 rings (SSSR count). The molecule has 0 atom stereocenters. The highest BCUT2D eigenvalue weighted by Gasteiger charge is 2.26. The van der Waals surface area contributed by atoms with Gasteiger partial charge in [-0.3, -0.25) is 4.98 Å². The van der Waals surface area contributed by atoms with Gasteiger partial charge >= 0.3 is 0 Å². The van der Waals surface area contributed by atoms with Crippen molar-refractivity contribution >= 4 is 10.0 Å². The SMILES string of the molecule is O=S(=O)(c1ccc2c(c1)CCCC2)N(CCc1ccccc1)Cc1ccccn1. The van der Waals surface area contributed by atoms with Crippen LogP contribution in [0.5, 0.6) is 0 Å². The lowest BCUT2D eigenvalue weighted by molar-refractivity contribution is 0.405. The Kier molecular flexibility index (Phi) is 6.07. The minimum absolute atomic E-state index is 0.271. The van der Waals surface area contributed by atoms with E-state index in [1.165, 1.54) is 17.5 Å². The number of nitrogens with zero attached hydrogens (tertiary/aromatic N) is 2. The van der Waals surface area contributed by atoms with Crippen LogP contribution >= 0.6 is 0 Å². The fraction of sp³-hybridized carbons (Fsp3) is 0.292. The average molecular weight is 407 g/mol. The minimum atomic E-state index is -3.61. The molecule has 150 valence electrons. The van der Waals surface area contributed by atoms with Crippen molar-refractivity contribution in [2.75, 3.05) is 6.54 Å². The summed E-state index contributed by atoms with van der Waals surface area (Å²) in [5.74, 6) is 0. The molecule has 0 aliphatic heterocycles. The number of aromatic nitrogens is 1. The maximum absolute atomic E-state index is 13.5. The molecule has 0 radical (unpaired) electrons. The van der Waals surface area contributed by atoms with E-state index in [9.17, 15) is 8.42 Å². The van der Waals surface area contributed by atoms with Crippen molar-refractivity contribution in [3.05, 3.63) is 95.3 Å². The summed E-state index contributed by atoms with van der Waals surface area (Å²) >= 11 is 0. The molecule has 0 bridgehead atoms. The van der Waals surface area contributed by atoms with Crippen LogP contribution in [0.15, 0.2) is 77.8 Å². The smallest absolute Gasteiger partial charge is 0.243 e. The third kappa shape index (κ3) is 4.74. The lowest BCUT2D eigenvalue weighted by atomic mass is 9.92. The summed E-state index contributed by atoms with van der Waals surface area (Å²) in [5, 5.41) is 0. The van der Waals surface area contributed by atoms with Gasteiger partial charge in [-0.1, -0.05) is 42.5 Å². The quantitative estimate of drug-likeness (QED) is 0.585. The first kappa shape index (κ1) is 19.8. The van der Waals surface area contributed by atoms with Gasteiger partial charge in [0, 0.05) is 12.7 Å². The van der Waals surface area contributed by atoms with E-state index >= 15 is 0 Å². The summed E-state index contributed by atoms with van der Waals surface area (Å²) in [6.45, 7) is 0.688. The number of hydrogen-bond donors (Lipinski definition) is 0. The van der Waals surface area contributed by atoms with Crippen LogP contribution in [-0.4, -0.2) is 24.3 Å². The van der Waals surface area contributed by atoms with Crippen molar-refractivity contribution in [1.82, 2.24) is 9.29 Å². The Hall–Kier alpha value is -2.50. The number of pyridine rings is 1. The van der Waals surface area contributed by atoms with Gasteiger partial charge in [0.25, 0.3) is 0 Å². The van der Waals surface area contributed by atoms with E-state index in [0.29, 0.717) is 17.9 Å². The van der Waals surface area contributed by atoms with E-state index in [1.54, 1.807) is 16.6 Å². The van der Waals surface area contributed by atoms with E-state index < -0.39 is 10.0 Å². The third-order valence-electron chi connectivity index (χ3n) is 5.51. The summed E-state index contributed by atoms with van der Waals surface area (Å²) < 4.78 is 28.6. The zero-order valence-electron chi connectivity index (χ0n) is 16.5. The van der Waals surface area contributed by atoms with Gasteiger partial charge in [0.2, 0.25) is 10.0 Å². The first-order valence-electron chi connectivity index (χ1n) is 10.2. The number of aryl methyl sites for hydroxylation is 2. The highest BCUT2D eigenvalue weighted by atomic mass is 32.2. The molecule has 0 N–H and O–H groups in total. The Bertz CT molecular complexity index is 1050. The molecule has 5 heteroatoms. The van der Waals surface area contributed by atoms with E-state index in [1.807, 2.05) is 60.7 Å². The Morgan fingerprint density at radius 1 is 0.862 bits per heavy atom. The monoisotopic (exact) mass is 406 g/mol. The van der Waals surface area contributed by atoms with E-state index in [4.69, 9.17) is 0 Å². The van der Waals surface area contributed by atoms with Crippen LogP contribution in [0.25, 0.3) is 0 Å². The largest absolute Gasteiger partial charge is 0.260 e. The summed E-state index contributed by atoms with van der Waals surface area (Å²) in [7, 11) is -3.61. The normalized spacial score (nSPS) is 14.0. The zero-order chi connectivity index (χ0) is 20.1. The molecule has 2 aromatic carbocycles. The third-order valence-corrected chi connectivity index (χ3v) is 7.36. The van der Waals surface area contributed by atoms with Crippen LogP contribution in [0.3, 0.4) is 0 Å². The van der Waals surface area contributed by atoms with Crippen molar-refractivity contribution in [1.29, 1.82) is 0 Å². The summed E-state index contributed by atoms with van der Waals surface area (Å²) in [5.41, 5.74) is 4.34. The molecule has 0 saturated heterocycles. The Morgan fingerprint density at radius 3 is 2.38 bits per heavy atom. The lowest BCUT2D eigenvalue weighted by Crippen LogP contribution is -2.33. The summed E-state index contributed by atoms with van der Waals surface area (Å²) in [6, 6.07) is 21.3. The molecule has 1 aromatic heterocycles. The van der Waals surface area contributed by atoms with Gasteiger partial charge in [0.05, 0.1) is 17.1 Å². The predicted octanol–water partition coefficient (Wildman–Crippen LogP) is 4.39. The Morgan fingerprint density at radius 2 is 1.62 bits per heavy atom. The van der Waals surface area contributed by atoms with Crippen LogP contribution in [-0.2, 0) is 35.8 Å². The molecular formula is C24H26N2O2S. The van der Waals surface area contributed by atoms with Crippen LogP contribution in [0, 0.1) is 0 Å². The second-order valence-electron chi connectivity index (χ2n) is 7.53. The van der Waals surface area contributed by atoms with E-state index in [-0.39, 0.29) is 6.54 Å². The Balaban J connectivity index is 1.63. The molecular weight excluding hydrogens is 380 g/mol. The number of benzene rings is 2. The van der Waals surface area contributed by atoms with Gasteiger partial charge in [0.15, 0.2) is 0 Å². The van der Waals surface area contributed by atoms with Gasteiger partial charge in [0.1, 0.15) is 0 Å². The van der Waals surface area contributed by atoms with E-state index in [2.05, 4.69) is 4.98 Å². The van der Waals surface area contributed by atoms with Crippen LogP contribution in [0.4, 0.5) is 0 Å². The van der Waals surface area contributed by atoms with Crippen LogP contribution < -0.4 is 0 Å². The van der Waals surface area contributed by atoms with Gasteiger partial charge in [-0.25, -0.2) is 8.42 Å². The molecule has 1 aliphatic carbocycles. The predicted molar refractivity (Wildman–Crippen MR) is 115 cm³/mol. The first-order valence-corrected chi connectivity index (χ1v) is 11.6. The number of fused-ring (bicyclic) bond motifs is 1. The molecule has 0 spiro atoms. The van der Waals surface area contributed by atoms with E-state index in [0.717, 1.165) is 30.5 Å². The maximum atomic E-state index is 13.5. The van der Waals surface area contributed by atoms with Gasteiger partial charge in [-0.15, -0.1) is 0 Å². The highest BCUT2D eigenvalue weighted by molar-refractivity contribution is 7.89. The fourth-order valence-electron chi connectivity index (χ4n) is 3.87. The van der Waals surface area contributed by atoms with Crippen molar-refractivity contribution in [3.63, 3.8) is 0 Å². The van der Waals surface area contributed by atoms with Gasteiger partial charge < -0.3 is 0 Å². The highest BCUT2D eigenvalue weighted by Crippen LogP contribution is 2.26. The molecule has 0 fully saturated rings. The molecule has 29 heavy (non-hydrogen) atoms. The van der Waals surface area contributed by atoms with Crippen molar-refractivity contribution in [2.45, 2.75) is 43.5 Å². The maximum Gasteiger partial charge on any atom is 0.243 e. The summed E-state index contributed by atoms with van der Waals surface area (Å²) in [4.78, 5) is 4.74. The lowest BCUT2D eigenvalue weighted by Gasteiger charge is -2.23. The second kappa shape index (κ2) is 8.89. The average Bonchev–Trinajstić information content (AvgIpc) is 2.77. The standard InChI is InChI=1S/C24H26N2O2S/c27-29(28,24-14-13-21-10-4-5-11-22(21)18-24)26(19-23-12-6-7-16-25-23)17-15-20-8-2-1-3-9-20/h1-3,6-9,12-14,16,18H,4-5,10-11,15,17,19H2. The fourth-order valence-corrected chi connectivity index (χ4v) is 5.34. The Labute approximate surface area is 173 Å². The molecule has 0 amide bonds. The van der Waals surface area contributed by atoms with Crippen LogP contribution in [0.1, 0.15) is 35.2 Å². The number of rotatable bonds is 7. The number of hydrogen-bond acceptors (Lipinski definition) is 3. The van der Waals surface area contributed by atoms with Crippen LogP contribution in [0.2, 0.25) is 0 Å². The molecule has 1 heterocycles. The van der Waals surface area contributed by atoms with Gasteiger partial charge in [-0.2, -0.15) is 4.31 Å². The number of sulfonamides is 1. The molecule has 1 aliphatic rings. The van der Waals surface area contributed by atoms with Gasteiger partial charge in [-0.05, 0) is 73.1 Å². The minimum Gasteiger partial charge on any atom is -0.260 e. The zero-order valence-corrected chi connectivity index (χ0v) is 17.3. The summed E-state index contributed by atoms with van der Waals surface area (Å²) in [6.07, 6.45) is 6.68. The topological polar surface area (TPSA) is 50.3 Å². The van der Waals surface area contributed by atoms with Crippen molar-refractivity contribution in [2.24, 2.45) is 0 Å². The first-order chi connectivity index (χ1) is 14.1. The van der Waals surface area contributed by atoms with Crippen molar-refractivity contribution in [3.8, 4) is 0 Å². The molecule has 0 saturated carbocycles.